The molecule has 0 atom stereocenters. The molecule has 0 spiro atoms. The number of hydrogen-bond acceptors (Lipinski definition) is 3. The van der Waals surface area contributed by atoms with Gasteiger partial charge in [0.1, 0.15) is 5.82 Å². The molecule has 7 heteroatoms. The summed E-state index contributed by atoms with van der Waals surface area (Å²) < 4.78 is 2.65. The predicted octanol–water partition coefficient (Wildman–Crippen LogP) is 4.32. The van der Waals surface area contributed by atoms with Crippen LogP contribution >= 0.6 is 15.9 Å². The minimum absolute atomic E-state index is 0.174. The summed E-state index contributed by atoms with van der Waals surface area (Å²) in [5.74, 6) is 0.565. The number of carbonyl (C=O) groups excluding carboxylic acids is 2. The second-order valence-electron chi connectivity index (χ2n) is 7.14. The Bertz CT molecular complexity index is 1080. The maximum atomic E-state index is 12.9. The van der Waals surface area contributed by atoms with Gasteiger partial charge in [0, 0.05) is 35.6 Å². The van der Waals surface area contributed by atoms with E-state index in [0.29, 0.717) is 24.3 Å². The van der Waals surface area contributed by atoms with E-state index in [4.69, 9.17) is 0 Å². The lowest BCUT2D eigenvalue weighted by Gasteiger charge is -2.16. The highest BCUT2D eigenvalue weighted by Gasteiger charge is 2.20. The van der Waals surface area contributed by atoms with Gasteiger partial charge in [0.15, 0.2) is 0 Å². The molecule has 1 fully saturated rings. The third kappa shape index (κ3) is 4.40. The van der Waals surface area contributed by atoms with Crippen molar-refractivity contribution in [3.8, 4) is 5.69 Å². The maximum Gasteiger partial charge on any atom is 0.256 e. The molecule has 29 heavy (non-hydrogen) atoms. The lowest BCUT2D eigenvalue weighted by molar-refractivity contribution is -0.128. The summed E-state index contributed by atoms with van der Waals surface area (Å²) in [7, 11) is 0. The van der Waals surface area contributed by atoms with Crippen molar-refractivity contribution in [3.05, 3.63) is 75.9 Å². The molecule has 2 heterocycles. The molecule has 1 aromatic heterocycles. The Kier molecular flexibility index (Phi) is 5.49. The predicted molar refractivity (Wildman–Crippen MR) is 115 cm³/mol. The van der Waals surface area contributed by atoms with Crippen LogP contribution in [-0.2, 0) is 11.3 Å². The molecule has 1 saturated heterocycles. The first-order valence-electron chi connectivity index (χ1n) is 9.50. The third-order valence-corrected chi connectivity index (χ3v) is 5.35. The van der Waals surface area contributed by atoms with Crippen molar-refractivity contribution in [3.63, 3.8) is 0 Å². The molecule has 4 rings (SSSR count). The normalized spacial score (nSPS) is 13.7. The number of anilines is 1. The molecular formula is C22H21BrN4O2. The van der Waals surface area contributed by atoms with Gasteiger partial charge in [-0.1, -0.05) is 34.1 Å². The van der Waals surface area contributed by atoms with Gasteiger partial charge in [0.25, 0.3) is 5.91 Å². The Hall–Kier alpha value is -2.93. The summed E-state index contributed by atoms with van der Waals surface area (Å²) in [6, 6.07) is 17.0. The standard InChI is InChI=1S/C22H21BrN4O2/c1-15-11-20(27(25-15)19-8-3-7-18(23)13-19)24-22(29)17-6-2-5-16(12-17)14-26-10-4-9-21(26)28/h2-3,5-8,11-13H,4,9-10,14H2,1H3,(H,24,29). The fourth-order valence-electron chi connectivity index (χ4n) is 3.48. The third-order valence-electron chi connectivity index (χ3n) is 4.86. The number of likely N-dealkylation sites (tertiary alicyclic amines) is 1. The lowest BCUT2D eigenvalue weighted by Crippen LogP contribution is -2.24. The Morgan fingerprint density at radius 2 is 2.00 bits per heavy atom. The van der Waals surface area contributed by atoms with Crippen molar-refractivity contribution >= 4 is 33.6 Å². The van der Waals surface area contributed by atoms with Crippen LogP contribution in [-0.4, -0.2) is 33.0 Å². The lowest BCUT2D eigenvalue weighted by atomic mass is 10.1. The number of aromatic nitrogens is 2. The number of nitrogens with one attached hydrogen (secondary N) is 1. The van der Waals surface area contributed by atoms with Crippen LogP contribution in [0, 0.1) is 6.92 Å². The van der Waals surface area contributed by atoms with Gasteiger partial charge in [-0.3, -0.25) is 9.59 Å². The van der Waals surface area contributed by atoms with Crippen molar-refractivity contribution in [1.29, 1.82) is 0 Å². The molecule has 6 nitrogen and oxygen atoms in total. The smallest absolute Gasteiger partial charge is 0.256 e. The summed E-state index contributed by atoms with van der Waals surface area (Å²) in [4.78, 5) is 26.6. The monoisotopic (exact) mass is 452 g/mol. The van der Waals surface area contributed by atoms with E-state index in [1.165, 1.54) is 0 Å². The topological polar surface area (TPSA) is 67.2 Å². The van der Waals surface area contributed by atoms with E-state index < -0.39 is 0 Å². The van der Waals surface area contributed by atoms with Crippen LogP contribution in [0.2, 0.25) is 0 Å². The van der Waals surface area contributed by atoms with Crippen LogP contribution < -0.4 is 5.32 Å². The van der Waals surface area contributed by atoms with Crippen LogP contribution in [0.4, 0.5) is 5.82 Å². The van der Waals surface area contributed by atoms with Gasteiger partial charge < -0.3 is 10.2 Å². The SMILES string of the molecule is Cc1cc(NC(=O)c2cccc(CN3CCCC3=O)c2)n(-c2cccc(Br)c2)n1. The second-order valence-corrected chi connectivity index (χ2v) is 8.05. The molecule has 0 unspecified atom stereocenters. The quantitative estimate of drug-likeness (QED) is 0.626. The largest absolute Gasteiger partial charge is 0.338 e. The van der Waals surface area contributed by atoms with Crippen molar-refractivity contribution in [1.82, 2.24) is 14.7 Å². The first kappa shape index (κ1) is 19.4. The molecule has 0 aliphatic carbocycles. The maximum absolute atomic E-state index is 12.9. The van der Waals surface area contributed by atoms with Gasteiger partial charge in [-0.15, -0.1) is 0 Å². The zero-order valence-electron chi connectivity index (χ0n) is 16.1. The number of halogens is 1. The molecule has 148 valence electrons. The van der Waals surface area contributed by atoms with E-state index >= 15 is 0 Å². The molecule has 0 radical (unpaired) electrons. The number of amides is 2. The number of aryl methyl sites for hydroxylation is 1. The molecule has 3 aromatic rings. The second kappa shape index (κ2) is 8.21. The number of hydrogen-bond donors (Lipinski definition) is 1. The first-order valence-corrected chi connectivity index (χ1v) is 10.3. The molecule has 2 aromatic carbocycles. The van der Waals surface area contributed by atoms with Crippen molar-refractivity contribution in [2.75, 3.05) is 11.9 Å². The van der Waals surface area contributed by atoms with E-state index in [0.717, 1.165) is 34.4 Å². The van der Waals surface area contributed by atoms with Gasteiger partial charge in [-0.05, 0) is 49.2 Å². The fraction of sp³-hybridized carbons (Fsp3) is 0.227. The average Bonchev–Trinajstić information content (AvgIpc) is 3.27. The van der Waals surface area contributed by atoms with Gasteiger partial charge in [0.2, 0.25) is 5.91 Å². The van der Waals surface area contributed by atoms with Gasteiger partial charge in [0.05, 0.1) is 11.4 Å². The highest BCUT2D eigenvalue weighted by molar-refractivity contribution is 9.10. The number of carbonyl (C=O) groups is 2. The molecule has 0 bridgehead atoms. The van der Waals surface area contributed by atoms with Crippen molar-refractivity contribution in [2.24, 2.45) is 0 Å². The Morgan fingerprint density at radius 1 is 1.17 bits per heavy atom. The average molecular weight is 453 g/mol. The summed E-state index contributed by atoms with van der Waals surface area (Å²) in [6.45, 7) is 3.20. The van der Waals surface area contributed by atoms with E-state index in [9.17, 15) is 9.59 Å². The summed E-state index contributed by atoms with van der Waals surface area (Å²) in [6.07, 6.45) is 1.51. The summed E-state index contributed by atoms with van der Waals surface area (Å²) in [5.41, 5.74) is 3.16. The van der Waals surface area contributed by atoms with Gasteiger partial charge >= 0.3 is 0 Å². The number of rotatable bonds is 5. The van der Waals surface area contributed by atoms with E-state index in [-0.39, 0.29) is 11.8 Å². The van der Waals surface area contributed by atoms with E-state index in [2.05, 4.69) is 26.3 Å². The summed E-state index contributed by atoms with van der Waals surface area (Å²) in [5, 5.41) is 7.46. The molecule has 1 aliphatic heterocycles. The van der Waals surface area contributed by atoms with Gasteiger partial charge in [-0.25, -0.2) is 4.68 Å². The van der Waals surface area contributed by atoms with Gasteiger partial charge in [-0.2, -0.15) is 5.10 Å². The molecule has 1 aliphatic rings. The minimum Gasteiger partial charge on any atom is -0.338 e. The molecule has 2 amide bonds. The first-order chi connectivity index (χ1) is 14.0. The van der Waals surface area contributed by atoms with Crippen LogP contribution in [0.3, 0.4) is 0 Å². The van der Waals surface area contributed by atoms with E-state index in [1.807, 2.05) is 60.4 Å². The van der Waals surface area contributed by atoms with Crippen LogP contribution in [0.15, 0.2) is 59.1 Å². The molecule has 0 saturated carbocycles. The number of nitrogens with zero attached hydrogens (tertiary/aromatic N) is 3. The summed E-state index contributed by atoms with van der Waals surface area (Å²) >= 11 is 3.47. The van der Waals surface area contributed by atoms with Crippen LogP contribution in [0.5, 0.6) is 0 Å². The molecule has 1 N–H and O–H groups in total. The Morgan fingerprint density at radius 3 is 2.76 bits per heavy atom. The molecular weight excluding hydrogens is 432 g/mol. The highest BCUT2D eigenvalue weighted by atomic mass is 79.9. The fourth-order valence-corrected chi connectivity index (χ4v) is 3.87. The number of benzene rings is 2. The Labute approximate surface area is 177 Å². The minimum atomic E-state index is -0.212. The zero-order chi connectivity index (χ0) is 20.4. The highest BCUT2D eigenvalue weighted by Crippen LogP contribution is 2.21. The Balaban J connectivity index is 1.54. The van der Waals surface area contributed by atoms with E-state index in [1.54, 1.807) is 10.7 Å². The van der Waals surface area contributed by atoms with Crippen molar-refractivity contribution < 1.29 is 9.59 Å². The van der Waals surface area contributed by atoms with Crippen molar-refractivity contribution in [2.45, 2.75) is 26.3 Å². The zero-order valence-corrected chi connectivity index (χ0v) is 17.6. The van der Waals surface area contributed by atoms with Crippen LogP contribution in [0.25, 0.3) is 5.69 Å². The van der Waals surface area contributed by atoms with Crippen LogP contribution in [0.1, 0.15) is 34.5 Å².